The molecule has 1 amide bonds. The SMILES string of the molecule is CCOc1ccc(/C=c2/sc3n(c2=O)[C@@H](c2ccc(OC)cc2)C(C(=O)Nc2ccc(C)cc2C)=C(C)N=3)cc1OC. The zero-order valence-corrected chi connectivity index (χ0v) is 25.3. The molecule has 0 bridgehead atoms. The zero-order valence-electron chi connectivity index (χ0n) is 24.5. The van der Waals surface area contributed by atoms with Gasteiger partial charge < -0.3 is 19.5 Å². The molecule has 2 heterocycles. The average Bonchev–Trinajstić information content (AvgIpc) is 3.28. The van der Waals surface area contributed by atoms with Gasteiger partial charge in [-0.1, -0.05) is 47.2 Å². The van der Waals surface area contributed by atoms with E-state index >= 15 is 0 Å². The Balaban J connectivity index is 1.64. The second kappa shape index (κ2) is 12.1. The van der Waals surface area contributed by atoms with E-state index in [-0.39, 0.29) is 11.5 Å². The molecule has 9 heteroatoms. The van der Waals surface area contributed by atoms with Crippen molar-refractivity contribution < 1.29 is 19.0 Å². The molecule has 1 atom stereocenters. The lowest BCUT2D eigenvalue weighted by Crippen LogP contribution is -2.40. The molecule has 1 aliphatic heterocycles. The number of benzene rings is 3. The highest BCUT2D eigenvalue weighted by molar-refractivity contribution is 7.07. The summed E-state index contributed by atoms with van der Waals surface area (Å²) in [7, 11) is 3.18. The lowest BCUT2D eigenvalue weighted by atomic mass is 9.95. The number of anilines is 1. The third-order valence-electron chi connectivity index (χ3n) is 7.11. The van der Waals surface area contributed by atoms with Crippen molar-refractivity contribution in [3.63, 3.8) is 0 Å². The van der Waals surface area contributed by atoms with Gasteiger partial charge in [0.1, 0.15) is 5.75 Å². The standard InChI is InChI=1S/C33H33N3O5S/c1-7-41-26-15-9-22(17-27(26)40-6)18-28-32(38)36-30(23-10-12-24(39-5)13-11-23)29(21(4)34-33(36)42-28)31(37)35-25-14-8-19(2)16-20(25)3/h8-18,30H,7H2,1-6H3,(H,35,37)/b28-18+/t30-/m0/s1. The van der Waals surface area contributed by atoms with Gasteiger partial charge in [0, 0.05) is 5.69 Å². The minimum Gasteiger partial charge on any atom is -0.497 e. The number of amides is 1. The van der Waals surface area contributed by atoms with Crippen molar-refractivity contribution in [3.8, 4) is 17.2 Å². The topological polar surface area (TPSA) is 91.2 Å². The van der Waals surface area contributed by atoms with Crippen molar-refractivity contribution in [2.45, 2.75) is 33.7 Å². The number of aryl methyl sites for hydroxylation is 2. The molecule has 216 valence electrons. The summed E-state index contributed by atoms with van der Waals surface area (Å²) >= 11 is 1.28. The fourth-order valence-corrected chi connectivity index (χ4v) is 6.10. The number of carbonyl (C=O) groups excluding carboxylic acids is 1. The first-order chi connectivity index (χ1) is 20.2. The van der Waals surface area contributed by atoms with Gasteiger partial charge in [0.25, 0.3) is 11.5 Å². The van der Waals surface area contributed by atoms with Crippen LogP contribution in [0.25, 0.3) is 6.08 Å². The molecular weight excluding hydrogens is 550 g/mol. The van der Waals surface area contributed by atoms with Crippen LogP contribution in [0.5, 0.6) is 17.2 Å². The molecular formula is C33H33N3O5S. The Morgan fingerprint density at radius 2 is 1.76 bits per heavy atom. The molecule has 4 aromatic rings. The van der Waals surface area contributed by atoms with Gasteiger partial charge >= 0.3 is 0 Å². The van der Waals surface area contributed by atoms with E-state index in [0.29, 0.717) is 50.1 Å². The monoisotopic (exact) mass is 583 g/mol. The molecule has 1 aromatic heterocycles. The summed E-state index contributed by atoms with van der Waals surface area (Å²) in [5, 5.41) is 3.06. The van der Waals surface area contributed by atoms with Crippen molar-refractivity contribution in [1.29, 1.82) is 0 Å². The van der Waals surface area contributed by atoms with Gasteiger partial charge in [-0.15, -0.1) is 0 Å². The van der Waals surface area contributed by atoms with Gasteiger partial charge in [-0.25, -0.2) is 4.99 Å². The van der Waals surface area contributed by atoms with Crippen LogP contribution in [0.15, 0.2) is 81.7 Å². The fraction of sp³-hybridized carbons (Fsp3) is 0.242. The van der Waals surface area contributed by atoms with Crippen molar-refractivity contribution in [1.82, 2.24) is 4.57 Å². The summed E-state index contributed by atoms with van der Waals surface area (Å²) in [6, 6.07) is 18.1. The van der Waals surface area contributed by atoms with Crippen LogP contribution in [0.3, 0.4) is 0 Å². The molecule has 0 saturated carbocycles. The lowest BCUT2D eigenvalue weighted by molar-refractivity contribution is -0.113. The molecule has 0 fully saturated rings. The normalized spacial score (nSPS) is 14.7. The van der Waals surface area contributed by atoms with Crippen molar-refractivity contribution in [3.05, 3.63) is 114 Å². The summed E-state index contributed by atoms with van der Waals surface area (Å²) in [6.45, 7) is 8.19. The molecule has 42 heavy (non-hydrogen) atoms. The fourth-order valence-electron chi connectivity index (χ4n) is 5.06. The predicted octanol–water partition coefficient (Wildman–Crippen LogP) is 4.91. The summed E-state index contributed by atoms with van der Waals surface area (Å²) in [5.74, 6) is 1.58. The highest BCUT2D eigenvalue weighted by Crippen LogP contribution is 2.32. The average molecular weight is 584 g/mol. The Hall–Kier alpha value is -4.63. The number of hydrogen-bond acceptors (Lipinski definition) is 7. The van der Waals surface area contributed by atoms with Crippen LogP contribution < -0.4 is 34.4 Å². The Labute approximate surface area is 248 Å². The van der Waals surface area contributed by atoms with Gasteiger partial charge in [-0.05, 0) is 80.8 Å². The summed E-state index contributed by atoms with van der Waals surface area (Å²) in [6.07, 6.45) is 1.81. The maximum Gasteiger partial charge on any atom is 0.271 e. The molecule has 8 nitrogen and oxygen atoms in total. The lowest BCUT2D eigenvalue weighted by Gasteiger charge is -2.25. The van der Waals surface area contributed by atoms with Crippen molar-refractivity contribution in [2.75, 3.05) is 26.1 Å². The maximum atomic E-state index is 14.0. The van der Waals surface area contributed by atoms with E-state index in [4.69, 9.17) is 19.2 Å². The Morgan fingerprint density at radius 1 is 1.00 bits per heavy atom. The summed E-state index contributed by atoms with van der Waals surface area (Å²) in [5.41, 5.74) is 5.03. The van der Waals surface area contributed by atoms with Crippen LogP contribution in [0.2, 0.25) is 0 Å². The van der Waals surface area contributed by atoms with E-state index in [1.807, 2.05) is 94.4 Å². The Morgan fingerprint density at radius 3 is 2.43 bits per heavy atom. The maximum absolute atomic E-state index is 14.0. The molecule has 0 saturated heterocycles. The van der Waals surface area contributed by atoms with Crippen LogP contribution in [-0.4, -0.2) is 31.3 Å². The second-order valence-corrected chi connectivity index (χ2v) is 11.0. The second-order valence-electron chi connectivity index (χ2n) is 9.97. The number of aromatic nitrogens is 1. The number of fused-ring (bicyclic) bond motifs is 1. The number of methoxy groups -OCH3 is 2. The number of allylic oxidation sites excluding steroid dienone is 1. The van der Waals surface area contributed by atoms with Crippen LogP contribution >= 0.6 is 11.3 Å². The van der Waals surface area contributed by atoms with Crippen LogP contribution in [0.1, 0.15) is 42.1 Å². The van der Waals surface area contributed by atoms with Gasteiger partial charge in [-0.2, -0.15) is 0 Å². The highest BCUT2D eigenvalue weighted by atomic mass is 32.1. The zero-order chi connectivity index (χ0) is 30.0. The van der Waals surface area contributed by atoms with E-state index < -0.39 is 6.04 Å². The number of rotatable bonds is 8. The van der Waals surface area contributed by atoms with Crippen molar-refractivity contribution in [2.24, 2.45) is 4.99 Å². The molecule has 0 radical (unpaired) electrons. The number of nitrogens with one attached hydrogen (secondary N) is 1. The van der Waals surface area contributed by atoms with Crippen LogP contribution in [0.4, 0.5) is 5.69 Å². The summed E-state index contributed by atoms with van der Waals surface area (Å²) in [4.78, 5) is 33.2. The number of hydrogen-bond donors (Lipinski definition) is 1. The molecule has 1 N–H and O–H groups in total. The summed E-state index contributed by atoms with van der Waals surface area (Å²) < 4.78 is 18.6. The van der Waals surface area contributed by atoms with Crippen LogP contribution in [0, 0.1) is 13.8 Å². The molecule has 0 unspecified atom stereocenters. The van der Waals surface area contributed by atoms with E-state index in [1.54, 1.807) is 18.8 Å². The first kappa shape index (κ1) is 28.9. The smallest absolute Gasteiger partial charge is 0.271 e. The van der Waals surface area contributed by atoms with Crippen molar-refractivity contribution >= 4 is 29.0 Å². The van der Waals surface area contributed by atoms with E-state index in [2.05, 4.69) is 5.32 Å². The number of thiazole rings is 1. The van der Waals surface area contributed by atoms with Gasteiger partial charge in [-0.3, -0.25) is 14.2 Å². The number of ether oxygens (including phenoxy) is 3. The number of nitrogens with zero attached hydrogens (tertiary/aromatic N) is 2. The quantitative estimate of drug-likeness (QED) is 0.319. The first-order valence-electron chi connectivity index (χ1n) is 13.6. The van der Waals surface area contributed by atoms with Gasteiger partial charge in [0.2, 0.25) is 0 Å². The number of carbonyl (C=O) groups is 1. The molecule has 3 aromatic carbocycles. The molecule has 0 spiro atoms. The third kappa shape index (κ3) is 5.60. The van der Waals surface area contributed by atoms with Gasteiger partial charge in [0.05, 0.1) is 42.7 Å². The Bertz CT molecular complexity index is 1870. The van der Waals surface area contributed by atoms with E-state index in [0.717, 1.165) is 22.3 Å². The Kier molecular flexibility index (Phi) is 8.31. The first-order valence-corrected chi connectivity index (χ1v) is 14.4. The van der Waals surface area contributed by atoms with Crippen LogP contribution in [-0.2, 0) is 4.79 Å². The van der Waals surface area contributed by atoms with E-state index in [1.165, 1.54) is 11.3 Å². The minimum atomic E-state index is -0.685. The molecule has 5 rings (SSSR count). The molecule has 0 aliphatic carbocycles. The largest absolute Gasteiger partial charge is 0.497 e. The van der Waals surface area contributed by atoms with E-state index in [9.17, 15) is 9.59 Å². The predicted molar refractivity (Wildman–Crippen MR) is 165 cm³/mol. The van der Waals surface area contributed by atoms with Gasteiger partial charge in [0.15, 0.2) is 16.3 Å². The third-order valence-corrected chi connectivity index (χ3v) is 8.10. The molecule has 1 aliphatic rings. The highest BCUT2D eigenvalue weighted by Gasteiger charge is 2.32. The minimum absolute atomic E-state index is 0.239.